The van der Waals surface area contributed by atoms with E-state index < -0.39 is 0 Å². The maximum Gasteiger partial charge on any atom is 0.251 e. The van der Waals surface area contributed by atoms with Crippen LogP contribution in [0.4, 0.5) is 5.69 Å². The first-order chi connectivity index (χ1) is 9.66. The summed E-state index contributed by atoms with van der Waals surface area (Å²) in [6, 6.07) is 6.59. The molecule has 0 radical (unpaired) electrons. The van der Waals surface area contributed by atoms with Gasteiger partial charge in [0.2, 0.25) is 5.91 Å². The first kappa shape index (κ1) is 13.9. The van der Waals surface area contributed by atoms with Crippen LogP contribution >= 0.6 is 23.4 Å². The zero-order valence-corrected chi connectivity index (χ0v) is 12.5. The van der Waals surface area contributed by atoms with Gasteiger partial charge in [-0.15, -0.1) is 0 Å². The van der Waals surface area contributed by atoms with Gasteiger partial charge in [-0.1, -0.05) is 17.7 Å². The predicted octanol–water partition coefficient (Wildman–Crippen LogP) is 2.02. The highest BCUT2D eigenvalue weighted by Crippen LogP contribution is 2.28. The molecule has 0 aromatic heterocycles. The minimum absolute atomic E-state index is 0.121. The van der Waals surface area contributed by atoms with E-state index in [0.29, 0.717) is 10.7 Å². The van der Waals surface area contributed by atoms with E-state index in [9.17, 15) is 9.59 Å². The molecular formula is C14H15ClN2O2S. The fraction of sp³-hybridized carbons (Fsp3) is 0.429. The highest BCUT2D eigenvalue weighted by atomic mass is 35.5. The highest BCUT2D eigenvalue weighted by Gasteiger charge is 2.42. The number of hydrogen-bond acceptors (Lipinski definition) is 4. The van der Waals surface area contributed by atoms with Crippen molar-refractivity contribution in [1.29, 1.82) is 0 Å². The lowest BCUT2D eigenvalue weighted by Gasteiger charge is -2.30. The molecule has 0 saturated carbocycles. The van der Waals surface area contributed by atoms with Gasteiger partial charge in [0.05, 0.1) is 18.2 Å². The molecule has 2 fully saturated rings. The molecule has 2 heterocycles. The maximum atomic E-state index is 12.5. The summed E-state index contributed by atoms with van der Waals surface area (Å²) in [6.07, 6.45) is 0.274. The average molecular weight is 311 g/mol. The third-order valence-electron chi connectivity index (χ3n) is 3.68. The van der Waals surface area contributed by atoms with Crippen molar-refractivity contribution in [2.45, 2.75) is 12.5 Å². The van der Waals surface area contributed by atoms with E-state index in [1.54, 1.807) is 24.3 Å². The summed E-state index contributed by atoms with van der Waals surface area (Å²) in [5.74, 6) is 1.79. The molecule has 2 amide bonds. The fourth-order valence-corrected chi connectivity index (χ4v) is 3.79. The lowest BCUT2D eigenvalue weighted by molar-refractivity contribution is -0.122. The smallest absolute Gasteiger partial charge is 0.251 e. The number of rotatable bonds is 2. The minimum atomic E-state index is -0.303. The number of anilines is 1. The average Bonchev–Trinajstić information content (AvgIpc) is 2.75. The molecule has 0 spiro atoms. The van der Waals surface area contributed by atoms with Crippen LogP contribution in [0, 0.1) is 0 Å². The topological polar surface area (TPSA) is 40.6 Å². The van der Waals surface area contributed by atoms with Gasteiger partial charge in [0, 0.05) is 29.6 Å². The SMILES string of the molecule is O=C1C[C@@H](N2CCSCC2)C(=O)N1c1cccc(Cl)c1. The van der Waals surface area contributed by atoms with E-state index in [2.05, 4.69) is 4.90 Å². The molecule has 3 rings (SSSR count). The number of hydrogen-bond donors (Lipinski definition) is 0. The van der Waals surface area contributed by atoms with Crippen molar-refractivity contribution in [2.24, 2.45) is 0 Å². The molecule has 1 aromatic carbocycles. The van der Waals surface area contributed by atoms with Crippen molar-refractivity contribution in [3.05, 3.63) is 29.3 Å². The fourth-order valence-electron chi connectivity index (χ4n) is 2.68. The quantitative estimate of drug-likeness (QED) is 0.784. The van der Waals surface area contributed by atoms with Gasteiger partial charge in [0.25, 0.3) is 5.91 Å². The lowest BCUT2D eigenvalue weighted by Crippen LogP contribution is -2.45. The molecular weight excluding hydrogens is 296 g/mol. The number of carbonyl (C=O) groups is 2. The molecule has 106 valence electrons. The second kappa shape index (κ2) is 5.76. The molecule has 20 heavy (non-hydrogen) atoms. The first-order valence-electron chi connectivity index (χ1n) is 6.61. The number of imide groups is 1. The van der Waals surface area contributed by atoms with E-state index in [1.807, 2.05) is 11.8 Å². The molecule has 2 saturated heterocycles. The summed E-state index contributed by atoms with van der Waals surface area (Å²) in [5.41, 5.74) is 0.571. The normalized spacial score (nSPS) is 24.4. The van der Waals surface area contributed by atoms with Crippen LogP contribution in [0.1, 0.15) is 6.42 Å². The molecule has 2 aliphatic rings. The van der Waals surface area contributed by atoms with Gasteiger partial charge in [-0.2, -0.15) is 11.8 Å². The number of thioether (sulfide) groups is 1. The van der Waals surface area contributed by atoms with Crippen molar-refractivity contribution in [3.63, 3.8) is 0 Å². The van der Waals surface area contributed by atoms with Gasteiger partial charge >= 0.3 is 0 Å². The van der Waals surface area contributed by atoms with Gasteiger partial charge < -0.3 is 0 Å². The zero-order valence-electron chi connectivity index (χ0n) is 10.9. The lowest BCUT2D eigenvalue weighted by atomic mass is 10.2. The Morgan fingerprint density at radius 2 is 1.95 bits per heavy atom. The van der Waals surface area contributed by atoms with E-state index in [1.165, 1.54) is 4.90 Å². The molecule has 2 aliphatic heterocycles. The Bertz CT molecular complexity index is 546. The third kappa shape index (κ3) is 2.57. The van der Waals surface area contributed by atoms with Crippen LogP contribution in [-0.4, -0.2) is 47.4 Å². The maximum absolute atomic E-state index is 12.5. The van der Waals surface area contributed by atoms with Crippen LogP contribution in [-0.2, 0) is 9.59 Å². The molecule has 6 heteroatoms. The van der Waals surface area contributed by atoms with Crippen LogP contribution in [0.3, 0.4) is 0 Å². The van der Waals surface area contributed by atoms with Gasteiger partial charge in [-0.25, -0.2) is 4.90 Å². The standard InChI is InChI=1S/C14H15ClN2O2S/c15-10-2-1-3-11(8-10)17-13(18)9-12(14(17)19)16-4-6-20-7-5-16/h1-3,8,12H,4-7,9H2/t12-/m1/s1. The Labute approximate surface area is 127 Å². The van der Waals surface area contributed by atoms with Gasteiger partial charge in [0.15, 0.2) is 0 Å². The predicted molar refractivity (Wildman–Crippen MR) is 81.2 cm³/mol. The second-order valence-electron chi connectivity index (χ2n) is 4.92. The largest absolute Gasteiger partial charge is 0.290 e. The van der Waals surface area contributed by atoms with E-state index >= 15 is 0 Å². The number of nitrogens with zero attached hydrogens (tertiary/aromatic N) is 2. The monoisotopic (exact) mass is 310 g/mol. The van der Waals surface area contributed by atoms with Crippen LogP contribution < -0.4 is 4.90 Å². The van der Waals surface area contributed by atoms with Crippen molar-refractivity contribution in [2.75, 3.05) is 29.5 Å². The second-order valence-corrected chi connectivity index (χ2v) is 6.58. The van der Waals surface area contributed by atoms with E-state index in [-0.39, 0.29) is 24.3 Å². The van der Waals surface area contributed by atoms with Crippen LogP contribution in [0.5, 0.6) is 0 Å². The van der Waals surface area contributed by atoms with Crippen molar-refractivity contribution in [1.82, 2.24) is 4.90 Å². The van der Waals surface area contributed by atoms with Crippen molar-refractivity contribution >= 4 is 40.9 Å². The minimum Gasteiger partial charge on any atom is -0.290 e. The summed E-state index contributed by atoms with van der Waals surface area (Å²) in [5, 5.41) is 0.529. The number of halogens is 1. The first-order valence-corrected chi connectivity index (χ1v) is 8.14. The van der Waals surface area contributed by atoms with E-state index in [0.717, 1.165) is 24.6 Å². The Morgan fingerprint density at radius 3 is 2.65 bits per heavy atom. The molecule has 0 unspecified atom stereocenters. The third-order valence-corrected chi connectivity index (χ3v) is 4.85. The van der Waals surface area contributed by atoms with Crippen molar-refractivity contribution in [3.8, 4) is 0 Å². The van der Waals surface area contributed by atoms with Crippen molar-refractivity contribution < 1.29 is 9.59 Å². The summed E-state index contributed by atoms with van der Waals surface area (Å²) in [6.45, 7) is 1.75. The van der Waals surface area contributed by atoms with Gasteiger partial charge in [0.1, 0.15) is 0 Å². The van der Waals surface area contributed by atoms with Crippen LogP contribution in [0.25, 0.3) is 0 Å². The number of amides is 2. The number of benzene rings is 1. The zero-order chi connectivity index (χ0) is 14.1. The summed E-state index contributed by atoms with van der Waals surface area (Å²) in [4.78, 5) is 28.1. The number of carbonyl (C=O) groups excluding carboxylic acids is 2. The molecule has 0 N–H and O–H groups in total. The van der Waals surface area contributed by atoms with Gasteiger partial charge in [-0.3, -0.25) is 14.5 Å². The molecule has 0 aliphatic carbocycles. The summed E-state index contributed by atoms with van der Waals surface area (Å²) in [7, 11) is 0. The van der Waals surface area contributed by atoms with Crippen LogP contribution in [0.2, 0.25) is 5.02 Å². The molecule has 1 atom stereocenters. The van der Waals surface area contributed by atoms with Crippen LogP contribution in [0.15, 0.2) is 24.3 Å². The summed E-state index contributed by atoms with van der Waals surface area (Å²) >= 11 is 7.83. The molecule has 1 aromatic rings. The Balaban J connectivity index is 1.83. The Morgan fingerprint density at radius 1 is 1.20 bits per heavy atom. The van der Waals surface area contributed by atoms with Gasteiger partial charge in [-0.05, 0) is 18.2 Å². The van der Waals surface area contributed by atoms with E-state index in [4.69, 9.17) is 11.6 Å². The molecule has 0 bridgehead atoms. The Kier molecular flexibility index (Phi) is 4.01. The summed E-state index contributed by atoms with van der Waals surface area (Å²) < 4.78 is 0. The highest BCUT2D eigenvalue weighted by molar-refractivity contribution is 7.99. The Hall–Kier alpha value is -1.04. The molecule has 4 nitrogen and oxygen atoms in total.